The summed E-state index contributed by atoms with van der Waals surface area (Å²) < 4.78 is 4.69. The highest BCUT2D eigenvalue weighted by atomic mass is 35.5. The number of benzene rings is 1. The second-order valence-corrected chi connectivity index (χ2v) is 2.92. The molecule has 0 saturated heterocycles. The fourth-order valence-electron chi connectivity index (χ4n) is 1.00. The SMILES string of the molecule is O=c1[nH]c2ccc(Cl)cc2oc1=O. The molecule has 2 aromatic rings. The fourth-order valence-corrected chi connectivity index (χ4v) is 1.17. The number of hydrogen-bond acceptors (Lipinski definition) is 3. The summed E-state index contributed by atoms with van der Waals surface area (Å²) in [6, 6.07) is 4.63. The fraction of sp³-hybridized carbons (Fsp3) is 0. The van der Waals surface area contributed by atoms with Crippen molar-refractivity contribution < 1.29 is 4.42 Å². The molecule has 0 saturated carbocycles. The first-order valence-corrected chi connectivity index (χ1v) is 3.87. The molecule has 0 amide bonds. The summed E-state index contributed by atoms with van der Waals surface area (Å²) in [6.45, 7) is 0. The van der Waals surface area contributed by atoms with Crippen LogP contribution in [0.25, 0.3) is 11.1 Å². The third-order valence-electron chi connectivity index (χ3n) is 1.58. The maximum atomic E-state index is 10.8. The van der Waals surface area contributed by atoms with E-state index in [1.54, 1.807) is 12.1 Å². The number of hydrogen-bond donors (Lipinski definition) is 1. The van der Waals surface area contributed by atoms with Crippen LogP contribution in [0.4, 0.5) is 0 Å². The number of aromatic nitrogens is 1. The standard InChI is InChI=1S/C8H4ClNO3/c9-4-1-2-5-6(3-4)13-8(12)7(11)10-5/h1-3H,(H,10,11). The minimum Gasteiger partial charge on any atom is -0.417 e. The Morgan fingerprint density at radius 3 is 2.85 bits per heavy atom. The van der Waals surface area contributed by atoms with E-state index >= 15 is 0 Å². The van der Waals surface area contributed by atoms with Crippen LogP contribution in [0.15, 0.2) is 32.2 Å². The molecule has 0 aliphatic rings. The van der Waals surface area contributed by atoms with Crippen LogP contribution in [0.5, 0.6) is 0 Å². The molecule has 2 rings (SSSR count). The summed E-state index contributed by atoms with van der Waals surface area (Å²) in [6.07, 6.45) is 0. The topological polar surface area (TPSA) is 63.1 Å². The lowest BCUT2D eigenvalue weighted by Gasteiger charge is -1.94. The summed E-state index contributed by atoms with van der Waals surface area (Å²) in [7, 11) is 0. The maximum Gasteiger partial charge on any atom is 0.402 e. The van der Waals surface area contributed by atoms with Gasteiger partial charge in [0, 0.05) is 11.1 Å². The van der Waals surface area contributed by atoms with Crippen LogP contribution in [0, 0.1) is 0 Å². The van der Waals surface area contributed by atoms with Crippen molar-refractivity contribution in [2.75, 3.05) is 0 Å². The lowest BCUT2D eigenvalue weighted by atomic mass is 10.3. The highest BCUT2D eigenvalue weighted by Crippen LogP contribution is 2.14. The van der Waals surface area contributed by atoms with Gasteiger partial charge in [-0.3, -0.25) is 4.79 Å². The van der Waals surface area contributed by atoms with E-state index in [0.717, 1.165) is 0 Å². The zero-order valence-corrected chi connectivity index (χ0v) is 7.09. The molecule has 0 aliphatic carbocycles. The van der Waals surface area contributed by atoms with Crippen LogP contribution in [-0.2, 0) is 0 Å². The number of rotatable bonds is 0. The van der Waals surface area contributed by atoms with Gasteiger partial charge in [0.15, 0.2) is 5.58 Å². The smallest absolute Gasteiger partial charge is 0.402 e. The molecule has 4 nitrogen and oxygen atoms in total. The Morgan fingerprint density at radius 1 is 1.31 bits per heavy atom. The molecule has 66 valence electrons. The molecule has 5 heteroatoms. The molecule has 0 atom stereocenters. The molecule has 1 N–H and O–H groups in total. The van der Waals surface area contributed by atoms with Crippen molar-refractivity contribution in [3.8, 4) is 0 Å². The third kappa shape index (κ3) is 1.36. The number of nitrogens with one attached hydrogen (secondary N) is 1. The number of halogens is 1. The quantitative estimate of drug-likeness (QED) is 0.644. The molecular formula is C8H4ClNO3. The van der Waals surface area contributed by atoms with E-state index in [0.29, 0.717) is 10.5 Å². The third-order valence-corrected chi connectivity index (χ3v) is 1.82. The van der Waals surface area contributed by atoms with Gasteiger partial charge >= 0.3 is 11.2 Å². The predicted molar refractivity (Wildman–Crippen MR) is 48.1 cm³/mol. The van der Waals surface area contributed by atoms with Crippen molar-refractivity contribution in [2.24, 2.45) is 0 Å². The number of H-pyrrole nitrogens is 1. The maximum absolute atomic E-state index is 10.8. The average molecular weight is 198 g/mol. The number of aromatic amines is 1. The van der Waals surface area contributed by atoms with E-state index in [2.05, 4.69) is 9.40 Å². The van der Waals surface area contributed by atoms with Gasteiger partial charge in [0.1, 0.15) is 0 Å². The molecule has 0 aliphatic heterocycles. The lowest BCUT2D eigenvalue weighted by Crippen LogP contribution is -2.25. The molecule has 1 aromatic carbocycles. The summed E-state index contributed by atoms with van der Waals surface area (Å²) in [5.41, 5.74) is -0.962. The van der Waals surface area contributed by atoms with Crippen molar-refractivity contribution in [3.63, 3.8) is 0 Å². The average Bonchev–Trinajstić information content (AvgIpc) is 2.08. The first-order valence-electron chi connectivity index (χ1n) is 3.49. The molecule has 0 spiro atoms. The highest BCUT2D eigenvalue weighted by Gasteiger charge is 2.01. The Hall–Kier alpha value is -1.55. The van der Waals surface area contributed by atoms with Gasteiger partial charge in [-0.2, -0.15) is 0 Å². The Bertz CT molecular complexity index is 569. The van der Waals surface area contributed by atoms with Crippen LogP contribution in [-0.4, -0.2) is 4.98 Å². The Morgan fingerprint density at radius 2 is 2.08 bits per heavy atom. The highest BCUT2D eigenvalue weighted by molar-refractivity contribution is 6.31. The van der Waals surface area contributed by atoms with E-state index in [-0.39, 0.29) is 5.58 Å². The monoisotopic (exact) mass is 197 g/mol. The lowest BCUT2D eigenvalue weighted by molar-refractivity contribution is 0.546. The minimum atomic E-state index is -0.922. The van der Waals surface area contributed by atoms with Crippen LogP contribution < -0.4 is 11.2 Å². The van der Waals surface area contributed by atoms with Crippen LogP contribution in [0.2, 0.25) is 5.02 Å². The molecule has 0 fully saturated rings. The first-order chi connectivity index (χ1) is 6.16. The Kier molecular flexibility index (Phi) is 1.70. The number of fused-ring (bicyclic) bond motifs is 1. The second kappa shape index (κ2) is 2.74. The van der Waals surface area contributed by atoms with Gasteiger partial charge in [-0.25, -0.2) is 4.79 Å². The van der Waals surface area contributed by atoms with Crippen molar-refractivity contribution in [2.45, 2.75) is 0 Å². The molecular weight excluding hydrogens is 194 g/mol. The molecule has 1 aromatic heterocycles. The van der Waals surface area contributed by atoms with Gasteiger partial charge in [-0.05, 0) is 12.1 Å². The summed E-state index contributed by atoms with van der Waals surface area (Å²) >= 11 is 5.66. The Labute approximate surface area is 76.8 Å². The van der Waals surface area contributed by atoms with Gasteiger partial charge in [-0.1, -0.05) is 11.6 Å². The molecule has 0 bridgehead atoms. The van der Waals surface area contributed by atoms with Crippen molar-refractivity contribution >= 4 is 22.7 Å². The first kappa shape index (κ1) is 8.07. The van der Waals surface area contributed by atoms with E-state index in [4.69, 9.17) is 11.6 Å². The van der Waals surface area contributed by atoms with Crippen LogP contribution in [0.1, 0.15) is 0 Å². The van der Waals surface area contributed by atoms with E-state index < -0.39 is 11.2 Å². The Balaban J connectivity index is 2.97. The summed E-state index contributed by atoms with van der Waals surface area (Å²) in [5.74, 6) is 0. The van der Waals surface area contributed by atoms with Gasteiger partial charge in [0.05, 0.1) is 5.52 Å². The molecule has 1 heterocycles. The van der Waals surface area contributed by atoms with Gasteiger partial charge in [-0.15, -0.1) is 0 Å². The van der Waals surface area contributed by atoms with Crippen molar-refractivity contribution in [1.82, 2.24) is 4.98 Å². The second-order valence-electron chi connectivity index (χ2n) is 2.48. The normalized spacial score (nSPS) is 10.5. The van der Waals surface area contributed by atoms with Crippen molar-refractivity contribution in [3.05, 3.63) is 44.0 Å². The van der Waals surface area contributed by atoms with E-state index in [9.17, 15) is 9.59 Å². The zero-order chi connectivity index (χ0) is 9.42. The van der Waals surface area contributed by atoms with Crippen LogP contribution >= 0.6 is 11.6 Å². The minimum absolute atomic E-state index is 0.275. The largest absolute Gasteiger partial charge is 0.417 e. The molecule has 13 heavy (non-hydrogen) atoms. The van der Waals surface area contributed by atoms with Gasteiger partial charge in [0.25, 0.3) is 0 Å². The summed E-state index contributed by atoms with van der Waals surface area (Å²) in [4.78, 5) is 24.0. The van der Waals surface area contributed by atoms with E-state index in [1.807, 2.05) is 0 Å². The predicted octanol–water partition coefficient (Wildman–Crippen LogP) is 1.13. The summed E-state index contributed by atoms with van der Waals surface area (Å²) in [5, 5.41) is 0.447. The van der Waals surface area contributed by atoms with E-state index in [1.165, 1.54) is 6.07 Å². The van der Waals surface area contributed by atoms with Crippen molar-refractivity contribution in [1.29, 1.82) is 0 Å². The molecule has 0 unspecified atom stereocenters. The van der Waals surface area contributed by atoms with Gasteiger partial charge in [0.2, 0.25) is 0 Å². The zero-order valence-electron chi connectivity index (χ0n) is 6.33. The molecule has 0 radical (unpaired) electrons. The van der Waals surface area contributed by atoms with Crippen LogP contribution in [0.3, 0.4) is 0 Å². The van der Waals surface area contributed by atoms with Gasteiger partial charge < -0.3 is 9.40 Å².